The molecule has 0 bridgehead atoms. The summed E-state index contributed by atoms with van der Waals surface area (Å²) in [5.41, 5.74) is 0.291. The van der Waals surface area contributed by atoms with Crippen LogP contribution in [-0.4, -0.2) is 48.0 Å². The quantitative estimate of drug-likeness (QED) is 0.852. The van der Waals surface area contributed by atoms with Crippen molar-refractivity contribution in [1.82, 2.24) is 14.9 Å². The smallest absolute Gasteiger partial charge is 0.274 e. The number of carbonyl (C=O) groups excluding carboxylic acids is 1. The fourth-order valence-corrected chi connectivity index (χ4v) is 1.73. The summed E-state index contributed by atoms with van der Waals surface area (Å²) in [6, 6.07) is 7.51. The van der Waals surface area contributed by atoms with E-state index >= 15 is 0 Å². The Morgan fingerprint density at radius 2 is 2.05 bits per heavy atom. The number of anilines is 2. The van der Waals surface area contributed by atoms with Gasteiger partial charge < -0.3 is 15.5 Å². The van der Waals surface area contributed by atoms with E-state index in [-0.39, 0.29) is 11.4 Å². The van der Waals surface area contributed by atoms with Gasteiger partial charge in [0.1, 0.15) is 23.7 Å². The SMILES string of the molecule is CN(C)CCNc1cc(C(=O)Nc2ccccc2F)ncn1. The Bertz CT molecular complexity index is 647. The molecular weight excluding hydrogens is 285 g/mol. The number of hydrogen-bond donors (Lipinski definition) is 2. The molecule has 116 valence electrons. The van der Waals surface area contributed by atoms with Gasteiger partial charge >= 0.3 is 0 Å². The largest absolute Gasteiger partial charge is 0.369 e. The summed E-state index contributed by atoms with van der Waals surface area (Å²) >= 11 is 0. The van der Waals surface area contributed by atoms with Crippen molar-refractivity contribution in [3.05, 3.63) is 48.2 Å². The molecule has 0 saturated heterocycles. The van der Waals surface area contributed by atoms with Crippen LogP contribution >= 0.6 is 0 Å². The number of nitrogens with zero attached hydrogens (tertiary/aromatic N) is 3. The number of hydrogen-bond acceptors (Lipinski definition) is 5. The minimum absolute atomic E-state index is 0.119. The van der Waals surface area contributed by atoms with Crippen LogP contribution < -0.4 is 10.6 Å². The van der Waals surface area contributed by atoms with Crippen molar-refractivity contribution >= 4 is 17.4 Å². The summed E-state index contributed by atoms with van der Waals surface area (Å²) in [5, 5.41) is 5.59. The van der Waals surface area contributed by atoms with Gasteiger partial charge in [0.25, 0.3) is 5.91 Å². The van der Waals surface area contributed by atoms with E-state index in [1.54, 1.807) is 12.1 Å². The summed E-state index contributed by atoms with van der Waals surface area (Å²) in [4.78, 5) is 22.1. The van der Waals surface area contributed by atoms with E-state index in [0.29, 0.717) is 12.4 Å². The van der Waals surface area contributed by atoms with Gasteiger partial charge in [-0.15, -0.1) is 0 Å². The van der Waals surface area contributed by atoms with E-state index in [0.717, 1.165) is 6.54 Å². The van der Waals surface area contributed by atoms with Gasteiger partial charge in [-0.25, -0.2) is 14.4 Å². The number of likely N-dealkylation sites (N-methyl/N-ethyl adjacent to an activating group) is 1. The summed E-state index contributed by atoms with van der Waals surface area (Å²) < 4.78 is 13.5. The molecule has 2 N–H and O–H groups in total. The van der Waals surface area contributed by atoms with Gasteiger partial charge in [-0.3, -0.25) is 4.79 Å². The second kappa shape index (κ2) is 7.46. The molecule has 7 heteroatoms. The average Bonchev–Trinajstić information content (AvgIpc) is 2.49. The Hall–Kier alpha value is -2.54. The Balaban J connectivity index is 2.02. The van der Waals surface area contributed by atoms with Crippen LogP contribution in [0.5, 0.6) is 0 Å². The molecule has 0 radical (unpaired) electrons. The van der Waals surface area contributed by atoms with E-state index in [9.17, 15) is 9.18 Å². The predicted molar refractivity (Wildman–Crippen MR) is 83.4 cm³/mol. The highest BCUT2D eigenvalue weighted by atomic mass is 19.1. The molecule has 0 aliphatic carbocycles. The summed E-state index contributed by atoms with van der Waals surface area (Å²) in [5.74, 6) is -0.423. The predicted octanol–water partition coefficient (Wildman–Crippen LogP) is 1.84. The molecule has 0 saturated carbocycles. The third-order valence-corrected chi connectivity index (χ3v) is 2.89. The van der Waals surface area contributed by atoms with Crippen LogP contribution in [0.25, 0.3) is 0 Å². The molecule has 0 atom stereocenters. The molecular formula is C15H18FN5O. The topological polar surface area (TPSA) is 70.2 Å². The van der Waals surface area contributed by atoms with Crippen molar-refractivity contribution in [2.45, 2.75) is 0 Å². The summed E-state index contributed by atoms with van der Waals surface area (Å²) in [6.07, 6.45) is 1.30. The first-order valence-corrected chi connectivity index (χ1v) is 6.83. The fraction of sp³-hybridized carbons (Fsp3) is 0.267. The monoisotopic (exact) mass is 303 g/mol. The van der Waals surface area contributed by atoms with Gasteiger partial charge in [-0.05, 0) is 26.2 Å². The highest BCUT2D eigenvalue weighted by molar-refractivity contribution is 6.03. The van der Waals surface area contributed by atoms with Gasteiger partial charge in [0.15, 0.2) is 0 Å². The molecule has 1 aromatic heterocycles. The van der Waals surface area contributed by atoms with Crippen molar-refractivity contribution in [2.75, 3.05) is 37.8 Å². The van der Waals surface area contributed by atoms with Crippen LogP contribution in [-0.2, 0) is 0 Å². The maximum atomic E-state index is 13.5. The molecule has 0 aliphatic rings. The second-order valence-electron chi connectivity index (χ2n) is 4.95. The number of carbonyl (C=O) groups is 1. The zero-order chi connectivity index (χ0) is 15.9. The lowest BCUT2D eigenvalue weighted by atomic mass is 10.3. The molecule has 2 aromatic rings. The molecule has 6 nitrogen and oxygen atoms in total. The first-order valence-electron chi connectivity index (χ1n) is 6.83. The van der Waals surface area contributed by atoms with E-state index in [2.05, 4.69) is 20.6 Å². The molecule has 2 rings (SSSR count). The van der Waals surface area contributed by atoms with Crippen LogP contribution in [0, 0.1) is 5.82 Å². The first-order chi connectivity index (χ1) is 10.6. The molecule has 1 aromatic carbocycles. The number of rotatable bonds is 6. The minimum atomic E-state index is -0.491. The molecule has 0 fully saturated rings. The third-order valence-electron chi connectivity index (χ3n) is 2.89. The summed E-state index contributed by atoms with van der Waals surface area (Å²) in [6.45, 7) is 1.53. The number of halogens is 1. The molecule has 0 aliphatic heterocycles. The van der Waals surface area contributed by atoms with E-state index in [4.69, 9.17) is 0 Å². The second-order valence-corrected chi connectivity index (χ2v) is 4.95. The Labute approximate surface area is 128 Å². The summed E-state index contributed by atoms with van der Waals surface area (Å²) in [7, 11) is 3.93. The van der Waals surface area contributed by atoms with E-state index < -0.39 is 11.7 Å². The normalized spacial score (nSPS) is 10.5. The van der Waals surface area contributed by atoms with Crippen LogP contribution in [0.3, 0.4) is 0 Å². The van der Waals surface area contributed by atoms with E-state index in [1.165, 1.54) is 24.5 Å². The number of benzene rings is 1. The highest BCUT2D eigenvalue weighted by Gasteiger charge is 2.11. The van der Waals surface area contributed by atoms with Gasteiger partial charge in [0.2, 0.25) is 0 Å². The Morgan fingerprint density at radius 1 is 1.27 bits per heavy atom. The first kappa shape index (κ1) is 15.8. The van der Waals surface area contributed by atoms with E-state index in [1.807, 2.05) is 19.0 Å². The average molecular weight is 303 g/mol. The van der Waals surface area contributed by atoms with Crippen LogP contribution in [0.1, 0.15) is 10.5 Å². The lowest BCUT2D eigenvalue weighted by Crippen LogP contribution is -2.21. The Morgan fingerprint density at radius 3 is 2.77 bits per heavy atom. The van der Waals surface area contributed by atoms with Crippen LogP contribution in [0.4, 0.5) is 15.9 Å². The number of para-hydroxylation sites is 1. The number of aromatic nitrogens is 2. The van der Waals surface area contributed by atoms with Gasteiger partial charge in [-0.1, -0.05) is 12.1 Å². The van der Waals surface area contributed by atoms with Crippen LogP contribution in [0.15, 0.2) is 36.7 Å². The lowest BCUT2D eigenvalue weighted by Gasteiger charge is -2.11. The van der Waals surface area contributed by atoms with Crippen molar-refractivity contribution in [3.63, 3.8) is 0 Å². The van der Waals surface area contributed by atoms with Gasteiger partial charge in [0, 0.05) is 19.2 Å². The third kappa shape index (κ3) is 4.49. The molecule has 0 unspecified atom stereocenters. The minimum Gasteiger partial charge on any atom is -0.369 e. The van der Waals surface area contributed by atoms with Gasteiger partial charge in [-0.2, -0.15) is 0 Å². The zero-order valence-corrected chi connectivity index (χ0v) is 12.5. The Kier molecular flexibility index (Phi) is 5.37. The maximum absolute atomic E-state index is 13.5. The van der Waals surface area contributed by atoms with Gasteiger partial charge in [0.05, 0.1) is 5.69 Å². The fourth-order valence-electron chi connectivity index (χ4n) is 1.73. The van der Waals surface area contributed by atoms with Crippen molar-refractivity contribution in [3.8, 4) is 0 Å². The number of amides is 1. The maximum Gasteiger partial charge on any atom is 0.274 e. The molecule has 1 amide bonds. The molecule has 1 heterocycles. The van der Waals surface area contributed by atoms with Crippen molar-refractivity contribution in [2.24, 2.45) is 0 Å². The van der Waals surface area contributed by atoms with Crippen molar-refractivity contribution < 1.29 is 9.18 Å². The van der Waals surface area contributed by atoms with Crippen LogP contribution in [0.2, 0.25) is 0 Å². The van der Waals surface area contributed by atoms with Crippen molar-refractivity contribution in [1.29, 1.82) is 0 Å². The standard InChI is InChI=1S/C15H18FN5O/c1-21(2)8-7-17-14-9-13(18-10-19-14)15(22)20-12-6-4-3-5-11(12)16/h3-6,9-10H,7-8H2,1-2H3,(H,20,22)(H,17,18,19). The molecule has 0 spiro atoms. The molecule has 22 heavy (non-hydrogen) atoms. The highest BCUT2D eigenvalue weighted by Crippen LogP contribution is 2.14. The zero-order valence-electron chi connectivity index (χ0n) is 12.5. The lowest BCUT2D eigenvalue weighted by molar-refractivity contribution is 0.102. The number of nitrogens with one attached hydrogen (secondary N) is 2.